The fourth-order valence-electron chi connectivity index (χ4n) is 2.74. The molecule has 0 unspecified atom stereocenters. The van der Waals surface area contributed by atoms with Gasteiger partial charge in [0.25, 0.3) is 11.8 Å². The van der Waals surface area contributed by atoms with Crippen molar-refractivity contribution in [1.29, 1.82) is 0 Å². The molecule has 2 aromatic carbocycles. The smallest absolute Gasteiger partial charge is 0.269 e. The molecule has 0 spiro atoms. The van der Waals surface area contributed by atoms with E-state index in [9.17, 15) is 14.4 Å². The van der Waals surface area contributed by atoms with Crippen LogP contribution in [0.25, 0.3) is 0 Å². The van der Waals surface area contributed by atoms with Crippen LogP contribution in [0.5, 0.6) is 0 Å². The van der Waals surface area contributed by atoms with Crippen LogP contribution in [0.2, 0.25) is 5.02 Å². The number of nitrogens with zero attached hydrogens (tertiary/aromatic N) is 2. The van der Waals surface area contributed by atoms with Gasteiger partial charge in [-0.05, 0) is 42.5 Å². The van der Waals surface area contributed by atoms with Crippen molar-refractivity contribution in [3.8, 4) is 0 Å². The van der Waals surface area contributed by atoms with E-state index in [1.807, 2.05) is 0 Å². The minimum Gasteiger partial charge on any atom is -0.326 e. The van der Waals surface area contributed by atoms with Crippen LogP contribution in [0.1, 0.15) is 16.8 Å². The number of anilines is 1. The zero-order chi connectivity index (χ0) is 20.3. The number of rotatable bonds is 5. The Labute approximate surface area is 172 Å². The molecule has 1 fully saturated rings. The first kappa shape index (κ1) is 19.8. The van der Waals surface area contributed by atoms with E-state index >= 15 is 0 Å². The molecule has 28 heavy (non-hydrogen) atoms. The highest BCUT2D eigenvalue weighted by atomic mass is 35.5. The number of amides is 3. The lowest BCUT2D eigenvalue weighted by molar-refractivity contribution is -0.130. The Morgan fingerprint density at radius 2 is 1.86 bits per heavy atom. The van der Waals surface area contributed by atoms with E-state index in [4.69, 9.17) is 23.8 Å². The number of nitrogens with one attached hydrogen (secondary N) is 2. The predicted molar refractivity (Wildman–Crippen MR) is 110 cm³/mol. The zero-order valence-electron chi connectivity index (χ0n) is 14.9. The van der Waals surface area contributed by atoms with Crippen molar-refractivity contribution < 1.29 is 14.4 Å². The van der Waals surface area contributed by atoms with Gasteiger partial charge in [0, 0.05) is 23.3 Å². The minimum atomic E-state index is -0.940. The molecular formula is C19H17ClN4O3S. The average Bonchev–Trinajstić information content (AvgIpc) is 2.87. The van der Waals surface area contributed by atoms with Crippen LogP contribution in [-0.2, 0) is 9.59 Å². The first-order valence-electron chi connectivity index (χ1n) is 8.39. The minimum absolute atomic E-state index is 0.120. The van der Waals surface area contributed by atoms with Crippen LogP contribution in [-0.4, -0.2) is 45.8 Å². The number of carbonyl (C=O) groups is 3. The Balaban J connectivity index is 1.73. The molecule has 1 heterocycles. The fourth-order valence-corrected chi connectivity index (χ4v) is 3.20. The topological polar surface area (TPSA) is 81.8 Å². The largest absolute Gasteiger partial charge is 0.326 e. The van der Waals surface area contributed by atoms with E-state index in [-0.39, 0.29) is 17.4 Å². The van der Waals surface area contributed by atoms with Crippen molar-refractivity contribution in [2.45, 2.75) is 12.5 Å². The Hall–Kier alpha value is -2.97. The van der Waals surface area contributed by atoms with Crippen molar-refractivity contribution in [2.24, 2.45) is 0 Å². The molecule has 0 aliphatic carbocycles. The van der Waals surface area contributed by atoms with E-state index in [0.29, 0.717) is 16.3 Å². The SMILES string of the molecule is CN1C(=O)[C@H](CC(=O)Nc2cccc(Cl)c2)N(NC(=O)c2ccccc2)C1=S. The Morgan fingerprint density at radius 1 is 1.14 bits per heavy atom. The number of hydrogen-bond acceptors (Lipinski definition) is 4. The molecule has 2 N–H and O–H groups in total. The summed E-state index contributed by atoms with van der Waals surface area (Å²) in [6.07, 6.45) is -0.190. The van der Waals surface area contributed by atoms with Crippen molar-refractivity contribution in [1.82, 2.24) is 15.3 Å². The van der Waals surface area contributed by atoms with Crippen LogP contribution in [0.15, 0.2) is 54.6 Å². The second-order valence-electron chi connectivity index (χ2n) is 6.14. The standard InChI is InChI=1S/C19H17ClN4O3S/c1-23-18(27)15(11-16(25)21-14-9-5-8-13(20)10-14)24(19(23)28)22-17(26)12-6-3-2-4-7-12/h2-10,15H,11H2,1H3,(H,21,25)(H,22,26)/t15-/m0/s1. The van der Waals surface area contributed by atoms with Crippen molar-refractivity contribution in [3.63, 3.8) is 0 Å². The van der Waals surface area contributed by atoms with E-state index < -0.39 is 17.9 Å². The first-order valence-corrected chi connectivity index (χ1v) is 9.17. The molecule has 0 aromatic heterocycles. The normalized spacial score (nSPS) is 16.3. The molecule has 7 nitrogen and oxygen atoms in total. The summed E-state index contributed by atoms with van der Waals surface area (Å²) in [5.74, 6) is -1.21. The highest BCUT2D eigenvalue weighted by Crippen LogP contribution is 2.20. The molecule has 1 aliphatic heterocycles. The Bertz CT molecular complexity index is 938. The van der Waals surface area contributed by atoms with Crippen molar-refractivity contribution >= 4 is 52.3 Å². The molecule has 1 aliphatic rings. The molecule has 3 amide bonds. The number of carbonyl (C=O) groups excluding carboxylic acids is 3. The fraction of sp³-hybridized carbons (Fsp3) is 0.158. The second-order valence-corrected chi connectivity index (χ2v) is 6.94. The number of benzene rings is 2. The molecule has 9 heteroatoms. The molecular weight excluding hydrogens is 400 g/mol. The number of likely N-dealkylation sites (N-methyl/N-ethyl adjacent to an activating group) is 1. The maximum absolute atomic E-state index is 12.5. The highest BCUT2D eigenvalue weighted by Gasteiger charge is 2.42. The highest BCUT2D eigenvalue weighted by molar-refractivity contribution is 7.80. The molecule has 144 valence electrons. The van der Waals surface area contributed by atoms with Gasteiger partial charge in [-0.3, -0.25) is 24.7 Å². The average molecular weight is 417 g/mol. The van der Waals surface area contributed by atoms with E-state index in [1.54, 1.807) is 54.6 Å². The summed E-state index contributed by atoms with van der Waals surface area (Å²) < 4.78 is 0. The van der Waals surface area contributed by atoms with Crippen molar-refractivity contribution in [2.75, 3.05) is 12.4 Å². The summed E-state index contributed by atoms with van der Waals surface area (Å²) in [6, 6.07) is 14.3. The lowest BCUT2D eigenvalue weighted by Crippen LogP contribution is -2.49. The van der Waals surface area contributed by atoms with Crippen LogP contribution in [0.4, 0.5) is 5.69 Å². The summed E-state index contributed by atoms with van der Waals surface area (Å²) in [5, 5.41) is 4.54. The van der Waals surface area contributed by atoms with Gasteiger partial charge >= 0.3 is 0 Å². The third-order valence-corrected chi connectivity index (χ3v) is 4.87. The number of hydrogen-bond donors (Lipinski definition) is 2. The number of hydrazine groups is 1. The van der Waals surface area contributed by atoms with Gasteiger partial charge in [0.15, 0.2) is 5.11 Å². The molecule has 2 aromatic rings. The summed E-state index contributed by atoms with van der Waals surface area (Å²) >= 11 is 11.2. The van der Waals surface area contributed by atoms with Gasteiger partial charge in [-0.2, -0.15) is 0 Å². The Morgan fingerprint density at radius 3 is 2.54 bits per heavy atom. The number of halogens is 1. The quantitative estimate of drug-likeness (QED) is 0.732. The summed E-state index contributed by atoms with van der Waals surface area (Å²) in [4.78, 5) is 38.7. The van der Waals surface area contributed by atoms with Gasteiger partial charge in [0.1, 0.15) is 6.04 Å². The van der Waals surface area contributed by atoms with E-state index in [1.165, 1.54) is 17.0 Å². The van der Waals surface area contributed by atoms with Crippen LogP contribution in [0, 0.1) is 0 Å². The number of thiocarbonyl (C=S) groups is 1. The molecule has 3 rings (SSSR count). The van der Waals surface area contributed by atoms with Gasteiger partial charge in [-0.25, -0.2) is 5.01 Å². The lowest BCUT2D eigenvalue weighted by atomic mass is 10.2. The third-order valence-electron chi connectivity index (χ3n) is 4.17. The first-order chi connectivity index (χ1) is 13.4. The molecule has 0 radical (unpaired) electrons. The van der Waals surface area contributed by atoms with Gasteiger partial charge < -0.3 is 5.32 Å². The van der Waals surface area contributed by atoms with Crippen LogP contribution in [0.3, 0.4) is 0 Å². The third kappa shape index (κ3) is 4.29. The van der Waals surface area contributed by atoms with E-state index in [0.717, 1.165) is 0 Å². The molecule has 1 saturated heterocycles. The maximum atomic E-state index is 12.5. The van der Waals surface area contributed by atoms with Crippen molar-refractivity contribution in [3.05, 3.63) is 65.2 Å². The maximum Gasteiger partial charge on any atom is 0.269 e. The lowest BCUT2D eigenvalue weighted by Gasteiger charge is -2.24. The Kier molecular flexibility index (Phi) is 5.91. The van der Waals surface area contributed by atoms with E-state index in [2.05, 4.69) is 10.7 Å². The molecule has 0 bridgehead atoms. The zero-order valence-corrected chi connectivity index (χ0v) is 16.5. The van der Waals surface area contributed by atoms with Crippen LogP contribution < -0.4 is 10.7 Å². The predicted octanol–water partition coefficient (Wildman–Crippen LogP) is 2.44. The van der Waals surface area contributed by atoms with Gasteiger partial charge in [0.2, 0.25) is 5.91 Å². The van der Waals surface area contributed by atoms with Gasteiger partial charge in [0.05, 0.1) is 6.42 Å². The molecule has 1 atom stereocenters. The monoisotopic (exact) mass is 416 g/mol. The van der Waals surface area contributed by atoms with Crippen LogP contribution >= 0.6 is 23.8 Å². The van der Waals surface area contributed by atoms with Gasteiger partial charge in [-0.1, -0.05) is 35.9 Å². The second kappa shape index (κ2) is 8.37. The molecule has 0 saturated carbocycles. The van der Waals surface area contributed by atoms with Gasteiger partial charge in [-0.15, -0.1) is 0 Å². The summed E-state index contributed by atoms with van der Waals surface area (Å²) in [5.41, 5.74) is 3.55. The summed E-state index contributed by atoms with van der Waals surface area (Å²) in [7, 11) is 1.50. The summed E-state index contributed by atoms with van der Waals surface area (Å²) in [6.45, 7) is 0.